The van der Waals surface area contributed by atoms with Gasteiger partial charge in [-0.05, 0) is 49.6 Å². The van der Waals surface area contributed by atoms with Gasteiger partial charge in [-0.1, -0.05) is 0 Å². The van der Waals surface area contributed by atoms with E-state index in [1.165, 1.54) is 19.3 Å². The maximum Gasteiger partial charge on any atom is 0.0945 e. The molecule has 1 aliphatic carbocycles. The fraction of sp³-hybridized carbons (Fsp3) is 0.235. The molecule has 0 amide bonds. The lowest BCUT2D eigenvalue weighted by atomic mass is 9.93. The maximum atomic E-state index is 4.83. The second kappa shape index (κ2) is 5.13. The number of hydrogen-bond acceptors (Lipinski definition) is 3. The van der Waals surface area contributed by atoms with Crippen LogP contribution in [-0.4, -0.2) is 19.7 Å². The van der Waals surface area contributed by atoms with Crippen LogP contribution < -0.4 is 0 Å². The average Bonchev–Trinajstić information content (AvgIpc) is 2.92. The summed E-state index contributed by atoms with van der Waals surface area (Å²) in [7, 11) is 0. The highest BCUT2D eigenvalue weighted by atomic mass is 15.3. The molecule has 0 atom stereocenters. The molecule has 3 aromatic rings. The van der Waals surface area contributed by atoms with Crippen LogP contribution in [-0.2, 0) is 0 Å². The van der Waals surface area contributed by atoms with Crippen LogP contribution in [0.1, 0.15) is 25.3 Å². The Bertz CT molecular complexity index is 730. The van der Waals surface area contributed by atoms with Gasteiger partial charge in [-0.2, -0.15) is 5.10 Å². The third kappa shape index (κ3) is 2.23. The molecule has 0 radical (unpaired) electrons. The van der Waals surface area contributed by atoms with Crippen LogP contribution in [0.3, 0.4) is 0 Å². The Balaban J connectivity index is 1.83. The molecule has 3 heterocycles. The maximum absolute atomic E-state index is 4.83. The van der Waals surface area contributed by atoms with E-state index in [-0.39, 0.29) is 0 Å². The zero-order valence-electron chi connectivity index (χ0n) is 11.7. The smallest absolute Gasteiger partial charge is 0.0945 e. The first-order valence-electron chi connectivity index (χ1n) is 7.32. The minimum atomic E-state index is 0.519. The Labute approximate surface area is 123 Å². The first-order chi connectivity index (χ1) is 10.4. The van der Waals surface area contributed by atoms with E-state index in [0.717, 1.165) is 22.5 Å². The van der Waals surface area contributed by atoms with Crippen LogP contribution in [0.25, 0.3) is 22.5 Å². The van der Waals surface area contributed by atoms with E-state index in [9.17, 15) is 0 Å². The summed E-state index contributed by atoms with van der Waals surface area (Å²) in [6.07, 6.45) is 11.1. The largest absolute Gasteiger partial charge is 0.264 e. The van der Waals surface area contributed by atoms with Crippen molar-refractivity contribution < 1.29 is 0 Å². The number of hydrogen-bond donors (Lipinski definition) is 0. The van der Waals surface area contributed by atoms with E-state index in [2.05, 4.69) is 26.8 Å². The molecule has 104 valence electrons. The lowest BCUT2D eigenvalue weighted by molar-refractivity contribution is 0.292. The van der Waals surface area contributed by atoms with Crippen LogP contribution >= 0.6 is 0 Å². The van der Waals surface area contributed by atoms with Crippen molar-refractivity contribution in [2.45, 2.75) is 25.3 Å². The van der Waals surface area contributed by atoms with E-state index in [4.69, 9.17) is 5.10 Å². The molecule has 1 saturated carbocycles. The van der Waals surface area contributed by atoms with Crippen molar-refractivity contribution in [3.8, 4) is 22.5 Å². The minimum absolute atomic E-state index is 0.519. The number of aromatic nitrogens is 4. The third-order valence-electron chi connectivity index (χ3n) is 4.07. The van der Waals surface area contributed by atoms with Crippen molar-refractivity contribution >= 4 is 0 Å². The first kappa shape index (κ1) is 12.3. The van der Waals surface area contributed by atoms with Crippen LogP contribution in [0.5, 0.6) is 0 Å². The van der Waals surface area contributed by atoms with E-state index in [0.29, 0.717) is 6.04 Å². The van der Waals surface area contributed by atoms with E-state index < -0.39 is 0 Å². The van der Waals surface area contributed by atoms with E-state index in [1.54, 1.807) is 12.4 Å². The van der Waals surface area contributed by atoms with Crippen LogP contribution in [0.4, 0.5) is 0 Å². The van der Waals surface area contributed by atoms with Gasteiger partial charge in [-0.15, -0.1) is 0 Å². The highest BCUT2D eigenvalue weighted by Gasteiger charge is 2.24. The lowest BCUT2D eigenvalue weighted by Crippen LogP contribution is -2.19. The molecule has 0 unspecified atom stereocenters. The molecule has 4 rings (SSSR count). The summed E-state index contributed by atoms with van der Waals surface area (Å²) in [5.41, 5.74) is 4.30. The normalized spacial score (nSPS) is 14.9. The van der Waals surface area contributed by atoms with Crippen LogP contribution in [0, 0.1) is 0 Å². The summed E-state index contributed by atoms with van der Waals surface area (Å²) in [6.45, 7) is 0. The summed E-state index contributed by atoms with van der Waals surface area (Å²) in [4.78, 5) is 8.42. The molecule has 4 nitrogen and oxygen atoms in total. The number of rotatable bonds is 3. The van der Waals surface area contributed by atoms with Gasteiger partial charge in [0.05, 0.1) is 17.4 Å². The van der Waals surface area contributed by atoms with E-state index >= 15 is 0 Å². The quantitative estimate of drug-likeness (QED) is 0.732. The molecule has 0 N–H and O–H groups in total. The molecule has 0 aliphatic heterocycles. The predicted molar refractivity (Wildman–Crippen MR) is 81.6 cm³/mol. The standard InChI is InChI=1S/C17H16N4/c1-6-15(7-1)21-17(14-5-3-9-19-12-14)10-16(20-21)13-4-2-8-18-11-13/h2-5,8-12,15H,1,6-7H2. The molecule has 21 heavy (non-hydrogen) atoms. The highest BCUT2D eigenvalue weighted by Crippen LogP contribution is 2.36. The predicted octanol–water partition coefficient (Wildman–Crippen LogP) is 3.73. The Morgan fingerprint density at radius 2 is 1.67 bits per heavy atom. The molecule has 3 aromatic heterocycles. The van der Waals surface area contributed by atoms with E-state index in [1.807, 2.05) is 30.6 Å². The average molecular weight is 276 g/mol. The fourth-order valence-corrected chi connectivity index (χ4v) is 2.69. The van der Waals surface area contributed by atoms with Crippen molar-refractivity contribution in [2.75, 3.05) is 0 Å². The molecular weight excluding hydrogens is 260 g/mol. The van der Waals surface area contributed by atoms with Gasteiger partial charge in [0.2, 0.25) is 0 Å². The number of pyridine rings is 2. The van der Waals surface area contributed by atoms with Crippen molar-refractivity contribution in [1.82, 2.24) is 19.7 Å². The summed E-state index contributed by atoms with van der Waals surface area (Å²) in [5.74, 6) is 0. The summed E-state index contributed by atoms with van der Waals surface area (Å²) >= 11 is 0. The lowest BCUT2D eigenvalue weighted by Gasteiger charge is -2.27. The van der Waals surface area contributed by atoms with Gasteiger partial charge in [-0.25, -0.2) is 0 Å². The molecule has 0 bridgehead atoms. The van der Waals surface area contributed by atoms with Gasteiger partial charge in [0.1, 0.15) is 0 Å². The molecule has 0 saturated heterocycles. The van der Waals surface area contributed by atoms with Gasteiger partial charge in [0.25, 0.3) is 0 Å². The van der Waals surface area contributed by atoms with Gasteiger partial charge in [-0.3, -0.25) is 14.6 Å². The van der Waals surface area contributed by atoms with Crippen molar-refractivity contribution in [1.29, 1.82) is 0 Å². The van der Waals surface area contributed by atoms with Crippen LogP contribution in [0.2, 0.25) is 0 Å². The van der Waals surface area contributed by atoms with Crippen LogP contribution in [0.15, 0.2) is 55.1 Å². The Morgan fingerprint density at radius 3 is 2.24 bits per heavy atom. The van der Waals surface area contributed by atoms with Gasteiger partial charge in [0, 0.05) is 35.9 Å². The zero-order chi connectivity index (χ0) is 14.1. The molecule has 1 aliphatic rings. The summed E-state index contributed by atoms with van der Waals surface area (Å²) in [6, 6.07) is 10.7. The monoisotopic (exact) mass is 276 g/mol. The Morgan fingerprint density at radius 1 is 0.952 bits per heavy atom. The minimum Gasteiger partial charge on any atom is -0.264 e. The molecule has 0 spiro atoms. The Kier molecular flexibility index (Phi) is 2.99. The molecule has 0 aromatic carbocycles. The van der Waals surface area contributed by atoms with Gasteiger partial charge in [0.15, 0.2) is 0 Å². The van der Waals surface area contributed by atoms with Crippen molar-refractivity contribution in [3.05, 3.63) is 55.1 Å². The second-order valence-corrected chi connectivity index (χ2v) is 5.43. The topological polar surface area (TPSA) is 43.6 Å². The SMILES string of the molecule is c1cncc(-c2cc(-c3cccnc3)n(C3CCC3)n2)c1. The second-order valence-electron chi connectivity index (χ2n) is 5.43. The zero-order valence-corrected chi connectivity index (χ0v) is 11.7. The summed E-state index contributed by atoms with van der Waals surface area (Å²) < 4.78 is 2.17. The summed E-state index contributed by atoms with van der Waals surface area (Å²) in [5, 5.41) is 4.83. The van der Waals surface area contributed by atoms with Crippen molar-refractivity contribution in [3.63, 3.8) is 0 Å². The fourth-order valence-electron chi connectivity index (χ4n) is 2.69. The highest BCUT2D eigenvalue weighted by molar-refractivity contribution is 5.67. The number of nitrogens with zero attached hydrogens (tertiary/aromatic N) is 4. The molecule has 4 heteroatoms. The molecular formula is C17H16N4. The van der Waals surface area contributed by atoms with Crippen molar-refractivity contribution in [2.24, 2.45) is 0 Å². The third-order valence-corrected chi connectivity index (χ3v) is 4.07. The first-order valence-corrected chi connectivity index (χ1v) is 7.32. The van der Waals surface area contributed by atoms with Gasteiger partial charge >= 0.3 is 0 Å². The molecule has 1 fully saturated rings. The van der Waals surface area contributed by atoms with Gasteiger partial charge < -0.3 is 0 Å². The Hall–Kier alpha value is -2.49.